The summed E-state index contributed by atoms with van der Waals surface area (Å²) in [6, 6.07) is 0. The molecular formula is C57H112N2O5. The molecule has 0 bridgehead atoms. The first kappa shape index (κ1) is 62.4. The molecule has 0 aliphatic rings. The molecule has 0 N–H and O–H groups in total. The lowest BCUT2D eigenvalue weighted by molar-refractivity contribution is -0.146. The second-order valence-corrected chi connectivity index (χ2v) is 19.8. The van der Waals surface area contributed by atoms with Crippen molar-refractivity contribution in [1.29, 1.82) is 0 Å². The molecule has 0 saturated heterocycles. The standard InChI is InChI=1S/C57H112N2O5/c1-7-13-17-21-25-33-43-53(41-31-19-15-9-3)51-63-56(61)46-35-27-23-29-38-48-58(50-40-37-45-55(60)59(11-5)12-6)49-39-30-24-28-36-47-57(62)64-52-54(42-32-20-16-10-4)44-34-26-22-18-14-8-2/h53-54H,7-52H2,1-6H3. The number of amides is 1. The molecule has 0 saturated carbocycles. The van der Waals surface area contributed by atoms with Crippen molar-refractivity contribution in [1.82, 2.24) is 9.80 Å². The minimum Gasteiger partial charge on any atom is -0.465 e. The number of nitrogens with zero attached hydrogens (tertiary/aromatic N) is 2. The van der Waals surface area contributed by atoms with Gasteiger partial charge in [0.1, 0.15) is 0 Å². The normalized spacial score (nSPS) is 12.5. The Hall–Kier alpha value is -1.63. The van der Waals surface area contributed by atoms with Crippen LogP contribution in [0.1, 0.15) is 292 Å². The Morgan fingerprint density at radius 1 is 0.344 bits per heavy atom. The molecule has 0 radical (unpaired) electrons. The van der Waals surface area contributed by atoms with E-state index in [1.807, 2.05) is 4.90 Å². The lowest BCUT2D eigenvalue weighted by Crippen LogP contribution is -2.31. The largest absolute Gasteiger partial charge is 0.465 e. The molecule has 0 aromatic rings. The van der Waals surface area contributed by atoms with Crippen LogP contribution in [0, 0.1) is 11.8 Å². The van der Waals surface area contributed by atoms with Crippen LogP contribution >= 0.6 is 0 Å². The van der Waals surface area contributed by atoms with Gasteiger partial charge in [-0.3, -0.25) is 14.4 Å². The van der Waals surface area contributed by atoms with Crippen molar-refractivity contribution in [3.05, 3.63) is 0 Å². The Labute approximate surface area is 399 Å². The van der Waals surface area contributed by atoms with Gasteiger partial charge in [0.25, 0.3) is 0 Å². The van der Waals surface area contributed by atoms with Crippen LogP contribution in [-0.4, -0.2) is 73.6 Å². The number of unbranched alkanes of at least 4 members (excludes halogenated alkanes) is 25. The maximum Gasteiger partial charge on any atom is 0.305 e. The highest BCUT2D eigenvalue weighted by molar-refractivity contribution is 5.76. The average Bonchev–Trinajstić information content (AvgIpc) is 3.29. The van der Waals surface area contributed by atoms with E-state index in [0.29, 0.717) is 44.3 Å². The van der Waals surface area contributed by atoms with E-state index >= 15 is 0 Å². The van der Waals surface area contributed by atoms with Crippen LogP contribution in [0.4, 0.5) is 0 Å². The first-order valence-electron chi connectivity index (χ1n) is 28.7. The van der Waals surface area contributed by atoms with Gasteiger partial charge in [-0.2, -0.15) is 0 Å². The Morgan fingerprint density at radius 3 is 0.984 bits per heavy atom. The van der Waals surface area contributed by atoms with E-state index in [9.17, 15) is 14.4 Å². The predicted octanol–water partition coefficient (Wildman–Crippen LogP) is 16.8. The first-order valence-corrected chi connectivity index (χ1v) is 28.7. The third kappa shape index (κ3) is 41.8. The van der Waals surface area contributed by atoms with E-state index in [2.05, 4.69) is 46.4 Å². The molecule has 64 heavy (non-hydrogen) atoms. The second-order valence-electron chi connectivity index (χ2n) is 19.8. The lowest BCUT2D eigenvalue weighted by atomic mass is 9.95. The summed E-state index contributed by atoms with van der Waals surface area (Å²) in [7, 11) is 0. The van der Waals surface area contributed by atoms with Crippen molar-refractivity contribution in [2.45, 2.75) is 292 Å². The van der Waals surface area contributed by atoms with E-state index in [-0.39, 0.29) is 17.8 Å². The number of esters is 2. The molecule has 2 atom stereocenters. The van der Waals surface area contributed by atoms with Crippen LogP contribution in [-0.2, 0) is 23.9 Å². The van der Waals surface area contributed by atoms with Crippen molar-refractivity contribution in [2.75, 3.05) is 45.9 Å². The van der Waals surface area contributed by atoms with Gasteiger partial charge in [-0.05, 0) is 110 Å². The highest BCUT2D eigenvalue weighted by Crippen LogP contribution is 2.22. The molecule has 0 aliphatic heterocycles. The Kier molecular flexibility index (Phi) is 48.0. The maximum atomic E-state index is 12.7. The zero-order chi connectivity index (χ0) is 47.0. The highest BCUT2D eigenvalue weighted by Gasteiger charge is 2.15. The molecule has 0 heterocycles. The van der Waals surface area contributed by atoms with Crippen LogP contribution in [0.5, 0.6) is 0 Å². The van der Waals surface area contributed by atoms with Crippen LogP contribution in [0.3, 0.4) is 0 Å². The lowest BCUT2D eigenvalue weighted by Gasteiger charge is -2.23. The number of carbonyl (C=O) groups is 3. The average molecular weight is 906 g/mol. The molecule has 0 spiro atoms. The Balaban J connectivity index is 4.59. The number of hydrogen-bond acceptors (Lipinski definition) is 6. The molecule has 0 rings (SSSR count). The summed E-state index contributed by atoms with van der Waals surface area (Å²) in [6.07, 6.45) is 45.8. The third-order valence-corrected chi connectivity index (χ3v) is 13.8. The van der Waals surface area contributed by atoms with Gasteiger partial charge >= 0.3 is 11.9 Å². The van der Waals surface area contributed by atoms with Crippen molar-refractivity contribution in [2.24, 2.45) is 11.8 Å². The van der Waals surface area contributed by atoms with Crippen LogP contribution in [0.2, 0.25) is 0 Å². The molecule has 7 nitrogen and oxygen atoms in total. The van der Waals surface area contributed by atoms with Gasteiger partial charge in [0.05, 0.1) is 13.2 Å². The minimum atomic E-state index is 0.00260. The van der Waals surface area contributed by atoms with Crippen molar-refractivity contribution in [3.8, 4) is 0 Å². The molecule has 0 aromatic carbocycles. The fourth-order valence-corrected chi connectivity index (χ4v) is 9.29. The van der Waals surface area contributed by atoms with E-state index in [1.165, 1.54) is 193 Å². The summed E-state index contributed by atoms with van der Waals surface area (Å²) >= 11 is 0. The fourth-order valence-electron chi connectivity index (χ4n) is 9.29. The zero-order valence-electron chi connectivity index (χ0n) is 44.1. The summed E-state index contributed by atoms with van der Waals surface area (Å²) < 4.78 is 11.7. The van der Waals surface area contributed by atoms with E-state index in [0.717, 1.165) is 71.2 Å². The number of rotatable bonds is 51. The molecule has 1 amide bonds. The highest BCUT2D eigenvalue weighted by atomic mass is 16.5. The van der Waals surface area contributed by atoms with Crippen molar-refractivity contribution >= 4 is 17.8 Å². The van der Waals surface area contributed by atoms with E-state index in [4.69, 9.17) is 9.47 Å². The molecule has 0 aliphatic carbocycles. The Morgan fingerprint density at radius 2 is 0.625 bits per heavy atom. The SMILES string of the molecule is CCCCCCCCC(CCCCCC)COC(=O)CCCCCCCN(CCCCCCCC(=O)OCC(CCCCCC)CCCCCCCC)CCCCC(=O)N(CC)CC. The molecule has 380 valence electrons. The van der Waals surface area contributed by atoms with Crippen LogP contribution < -0.4 is 0 Å². The van der Waals surface area contributed by atoms with Gasteiger partial charge in [-0.15, -0.1) is 0 Å². The number of carbonyl (C=O) groups excluding carboxylic acids is 3. The zero-order valence-corrected chi connectivity index (χ0v) is 44.1. The summed E-state index contributed by atoms with van der Waals surface area (Å²) in [5, 5.41) is 0. The minimum absolute atomic E-state index is 0.00260. The van der Waals surface area contributed by atoms with Crippen LogP contribution in [0.25, 0.3) is 0 Å². The Bertz CT molecular complexity index is 940. The van der Waals surface area contributed by atoms with Crippen LogP contribution in [0.15, 0.2) is 0 Å². The summed E-state index contributed by atoms with van der Waals surface area (Å²) in [6.45, 7) is 19.3. The predicted molar refractivity (Wildman–Crippen MR) is 276 cm³/mol. The summed E-state index contributed by atoms with van der Waals surface area (Å²) in [4.78, 5) is 42.5. The van der Waals surface area contributed by atoms with E-state index in [1.54, 1.807) is 0 Å². The fraction of sp³-hybridized carbons (Fsp3) is 0.947. The van der Waals surface area contributed by atoms with Gasteiger partial charge in [0.2, 0.25) is 5.91 Å². The molecular weight excluding hydrogens is 793 g/mol. The summed E-state index contributed by atoms with van der Waals surface area (Å²) in [5.41, 5.74) is 0. The number of hydrogen-bond donors (Lipinski definition) is 0. The molecule has 0 aromatic heterocycles. The smallest absolute Gasteiger partial charge is 0.305 e. The maximum absolute atomic E-state index is 12.7. The third-order valence-electron chi connectivity index (χ3n) is 13.8. The molecule has 0 fully saturated rings. The van der Waals surface area contributed by atoms with E-state index < -0.39 is 0 Å². The number of ether oxygens (including phenoxy) is 2. The van der Waals surface area contributed by atoms with Gasteiger partial charge < -0.3 is 19.3 Å². The second kappa shape index (κ2) is 49.3. The van der Waals surface area contributed by atoms with Gasteiger partial charge in [0.15, 0.2) is 0 Å². The monoisotopic (exact) mass is 905 g/mol. The topological polar surface area (TPSA) is 76.1 Å². The van der Waals surface area contributed by atoms with Crippen molar-refractivity contribution < 1.29 is 23.9 Å². The quantitative estimate of drug-likeness (QED) is 0.0447. The molecule has 2 unspecified atom stereocenters. The van der Waals surface area contributed by atoms with Gasteiger partial charge in [-0.25, -0.2) is 0 Å². The molecule has 7 heteroatoms. The first-order chi connectivity index (χ1) is 31.3. The summed E-state index contributed by atoms with van der Waals surface area (Å²) in [5.74, 6) is 1.35. The van der Waals surface area contributed by atoms with Gasteiger partial charge in [-0.1, -0.05) is 195 Å². The van der Waals surface area contributed by atoms with Crippen molar-refractivity contribution in [3.63, 3.8) is 0 Å². The van der Waals surface area contributed by atoms with Gasteiger partial charge in [0, 0.05) is 32.4 Å².